The smallest absolute Gasteiger partial charge is 0.243 e. The van der Waals surface area contributed by atoms with E-state index in [2.05, 4.69) is 10.6 Å². The van der Waals surface area contributed by atoms with E-state index in [4.69, 9.17) is 4.74 Å². The quantitative estimate of drug-likeness (QED) is 0.560. The van der Waals surface area contributed by atoms with Crippen LogP contribution in [0.25, 0.3) is 0 Å². The minimum Gasteiger partial charge on any atom is -0.497 e. The van der Waals surface area contributed by atoms with E-state index in [1.807, 2.05) is 85.8 Å². The van der Waals surface area contributed by atoms with Crippen molar-refractivity contribution in [1.29, 1.82) is 0 Å². The molecule has 0 saturated heterocycles. The highest BCUT2D eigenvalue weighted by molar-refractivity contribution is 5.88. The fourth-order valence-electron chi connectivity index (χ4n) is 3.25. The molecule has 5 heteroatoms. The van der Waals surface area contributed by atoms with Gasteiger partial charge in [-0.1, -0.05) is 72.3 Å². The van der Waals surface area contributed by atoms with Gasteiger partial charge in [-0.05, 0) is 35.7 Å². The van der Waals surface area contributed by atoms with E-state index in [0.29, 0.717) is 13.0 Å². The van der Waals surface area contributed by atoms with Gasteiger partial charge < -0.3 is 15.4 Å². The fourth-order valence-corrected chi connectivity index (χ4v) is 3.25. The number of carbonyl (C=O) groups excluding carboxylic acids is 2. The van der Waals surface area contributed by atoms with E-state index in [1.54, 1.807) is 7.11 Å². The largest absolute Gasteiger partial charge is 0.497 e. The van der Waals surface area contributed by atoms with Gasteiger partial charge in [-0.15, -0.1) is 0 Å². The van der Waals surface area contributed by atoms with Crippen molar-refractivity contribution in [1.82, 2.24) is 10.6 Å². The minimum absolute atomic E-state index is 0.195. The summed E-state index contributed by atoms with van der Waals surface area (Å²) < 4.78 is 5.15. The van der Waals surface area contributed by atoms with Crippen LogP contribution in [0.1, 0.15) is 22.3 Å². The molecule has 0 spiro atoms. The minimum atomic E-state index is -0.655. The molecule has 0 aromatic heterocycles. The molecule has 0 saturated carbocycles. The molecule has 0 heterocycles. The molecule has 0 unspecified atom stereocenters. The Morgan fingerprint density at radius 2 is 1.48 bits per heavy atom. The molecule has 3 rings (SSSR count). The maximum atomic E-state index is 12.9. The normalized spacial score (nSPS) is 11.4. The van der Waals surface area contributed by atoms with Crippen molar-refractivity contribution in [3.8, 4) is 5.75 Å². The first-order valence-corrected chi connectivity index (χ1v) is 10.3. The van der Waals surface area contributed by atoms with Crippen LogP contribution in [-0.2, 0) is 29.0 Å². The van der Waals surface area contributed by atoms with Crippen molar-refractivity contribution >= 4 is 11.8 Å². The Morgan fingerprint density at radius 3 is 2.13 bits per heavy atom. The monoisotopic (exact) mass is 416 g/mol. The third-order valence-corrected chi connectivity index (χ3v) is 5.05. The zero-order valence-corrected chi connectivity index (χ0v) is 17.9. The number of ether oxygens (including phenoxy) is 1. The SMILES string of the molecule is COc1ccc(CC(=O)N[C@H](Cc2ccc(C)cc2)C(=O)NCc2ccccc2)cc1. The number of rotatable bonds is 9. The average Bonchev–Trinajstić information content (AvgIpc) is 2.79. The average molecular weight is 417 g/mol. The zero-order chi connectivity index (χ0) is 22.1. The molecule has 3 aromatic carbocycles. The van der Waals surface area contributed by atoms with Crippen molar-refractivity contribution in [2.75, 3.05) is 7.11 Å². The molecule has 160 valence electrons. The fraction of sp³-hybridized carbons (Fsp3) is 0.231. The Hall–Kier alpha value is -3.60. The lowest BCUT2D eigenvalue weighted by Gasteiger charge is -2.19. The molecule has 2 N–H and O–H groups in total. The molecular weight excluding hydrogens is 388 g/mol. The summed E-state index contributed by atoms with van der Waals surface area (Å²) in [7, 11) is 1.60. The second kappa shape index (κ2) is 11.0. The Labute approximate surface area is 183 Å². The van der Waals surface area contributed by atoms with Gasteiger partial charge in [0.1, 0.15) is 11.8 Å². The molecule has 0 aliphatic heterocycles. The topological polar surface area (TPSA) is 67.4 Å². The molecule has 0 aliphatic rings. The van der Waals surface area contributed by atoms with E-state index >= 15 is 0 Å². The maximum absolute atomic E-state index is 12.9. The van der Waals surface area contributed by atoms with Crippen molar-refractivity contribution in [3.63, 3.8) is 0 Å². The van der Waals surface area contributed by atoms with Gasteiger partial charge in [0.25, 0.3) is 0 Å². The van der Waals surface area contributed by atoms with Crippen molar-refractivity contribution in [2.45, 2.75) is 32.4 Å². The van der Waals surface area contributed by atoms with E-state index in [0.717, 1.165) is 28.0 Å². The van der Waals surface area contributed by atoms with Gasteiger partial charge >= 0.3 is 0 Å². The van der Waals surface area contributed by atoms with E-state index in [-0.39, 0.29) is 18.2 Å². The first-order valence-electron chi connectivity index (χ1n) is 10.3. The first kappa shape index (κ1) is 22.1. The lowest BCUT2D eigenvalue weighted by Crippen LogP contribution is -2.48. The number of benzene rings is 3. The molecule has 0 radical (unpaired) electrons. The van der Waals surface area contributed by atoms with E-state index in [9.17, 15) is 9.59 Å². The number of nitrogens with one attached hydrogen (secondary N) is 2. The summed E-state index contributed by atoms with van der Waals surface area (Å²) in [5.74, 6) is 0.339. The van der Waals surface area contributed by atoms with Gasteiger partial charge in [0.15, 0.2) is 0 Å². The molecule has 0 fully saturated rings. The van der Waals surface area contributed by atoms with Crippen molar-refractivity contribution in [3.05, 3.63) is 101 Å². The number of amides is 2. The first-order chi connectivity index (χ1) is 15.0. The number of hydrogen-bond donors (Lipinski definition) is 2. The van der Waals surface area contributed by atoms with Gasteiger partial charge in [-0.25, -0.2) is 0 Å². The van der Waals surface area contributed by atoms with Gasteiger partial charge in [-0.2, -0.15) is 0 Å². The molecule has 0 bridgehead atoms. The van der Waals surface area contributed by atoms with Gasteiger partial charge in [-0.3, -0.25) is 9.59 Å². The Morgan fingerprint density at radius 1 is 0.839 bits per heavy atom. The number of hydrogen-bond acceptors (Lipinski definition) is 3. The Balaban J connectivity index is 1.66. The third-order valence-electron chi connectivity index (χ3n) is 5.05. The molecule has 0 aliphatic carbocycles. The summed E-state index contributed by atoms with van der Waals surface area (Å²) >= 11 is 0. The summed E-state index contributed by atoms with van der Waals surface area (Å²) in [4.78, 5) is 25.6. The van der Waals surface area contributed by atoms with Crippen LogP contribution in [0.4, 0.5) is 0 Å². The lowest BCUT2D eigenvalue weighted by molar-refractivity contribution is -0.128. The Bertz CT molecular complexity index is 983. The van der Waals surface area contributed by atoms with Crippen LogP contribution in [0.3, 0.4) is 0 Å². The van der Waals surface area contributed by atoms with Crippen LogP contribution in [0.5, 0.6) is 5.75 Å². The van der Waals surface area contributed by atoms with Crippen LogP contribution in [0.15, 0.2) is 78.9 Å². The number of carbonyl (C=O) groups is 2. The Kier molecular flexibility index (Phi) is 7.82. The van der Waals surface area contributed by atoms with Gasteiger partial charge in [0.05, 0.1) is 13.5 Å². The highest BCUT2D eigenvalue weighted by Crippen LogP contribution is 2.12. The van der Waals surface area contributed by atoms with Gasteiger partial charge in [0, 0.05) is 13.0 Å². The highest BCUT2D eigenvalue weighted by Gasteiger charge is 2.21. The predicted molar refractivity (Wildman–Crippen MR) is 122 cm³/mol. The lowest BCUT2D eigenvalue weighted by atomic mass is 10.0. The summed E-state index contributed by atoms with van der Waals surface area (Å²) in [5.41, 5.74) is 4.01. The number of methoxy groups -OCH3 is 1. The van der Waals surface area contributed by atoms with Crippen molar-refractivity contribution < 1.29 is 14.3 Å². The van der Waals surface area contributed by atoms with Crippen LogP contribution < -0.4 is 15.4 Å². The predicted octanol–water partition coefficient (Wildman–Crippen LogP) is 3.59. The third kappa shape index (κ3) is 7.00. The van der Waals surface area contributed by atoms with E-state index in [1.165, 1.54) is 0 Å². The number of aryl methyl sites for hydroxylation is 1. The summed E-state index contributed by atoms with van der Waals surface area (Å²) in [5, 5.41) is 5.86. The molecule has 1 atom stereocenters. The molecular formula is C26H28N2O3. The van der Waals surface area contributed by atoms with Gasteiger partial charge in [0.2, 0.25) is 11.8 Å². The van der Waals surface area contributed by atoms with Crippen molar-refractivity contribution in [2.24, 2.45) is 0 Å². The van der Waals surface area contributed by atoms with Crippen LogP contribution >= 0.6 is 0 Å². The maximum Gasteiger partial charge on any atom is 0.243 e. The second-order valence-electron chi connectivity index (χ2n) is 7.54. The zero-order valence-electron chi connectivity index (χ0n) is 17.9. The van der Waals surface area contributed by atoms with Crippen LogP contribution in [-0.4, -0.2) is 25.0 Å². The van der Waals surface area contributed by atoms with Crippen LogP contribution in [0, 0.1) is 6.92 Å². The standard InChI is InChI=1S/C26H28N2O3/c1-19-8-10-20(11-9-19)16-24(26(30)27-18-22-6-4-3-5-7-22)28-25(29)17-21-12-14-23(31-2)15-13-21/h3-15,24H,16-18H2,1-2H3,(H,27,30)(H,28,29)/t24-/m1/s1. The summed E-state index contributed by atoms with van der Waals surface area (Å²) in [6.07, 6.45) is 0.621. The summed E-state index contributed by atoms with van der Waals surface area (Å²) in [6, 6.07) is 24.4. The second-order valence-corrected chi connectivity index (χ2v) is 7.54. The molecule has 2 amide bonds. The highest BCUT2D eigenvalue weighted by atomic mass is 16.5. The summed E-state index contributed by atoms with van der Waals surface area (Å²) in [6.45, 7) is 2.43. The molecule has 5 nitrogen and oxygen atoms in total. The van der Waals surface area contributed by atoms with Crippen LogP contribution in [0.2, 0.25) is 0 Å². The van der Waals surface area contributed by atoms with E-state index < -0.39 is 6.04 Å². The molecule has 3 aromatic rings. The molecule has 31 heavy (non-hydrogen) atoms.